The highest BCUT2D eigenvalue weighted by Gasteiger charge is 2.21. The average molecular weight is 432 g/mol. The minimum atomic E-state index is -4.00. The van der Waals surface area contributed by atoms with Gasteiger partial charge in [0.2, 0.25) is 0 Å². The number of rotatable bonds is 7. The van der Waals surface area contributed by atoms with Crippen molar-refractivity contribution in [3.05, 3.63) is 82.9 Å². The third kappa shape index (κ3) is 4.52. The monoisotopic (exact) mass is 431 g/mol. The topological polar surface area (TPSA) is 81.7 Å². The van der Waals surface area contributed by atoms with Crippen molar-refractivity contribution in [3.8, 4) is 11.5 Å². The average Bonchev–Trinajstić information content (AvgIpc) is 2.74. The van der Waals surface area contributed by atoms with Crippen LogP contribution in [0.4, 0.5) is 5.69 Å². The lowest BCUT2D eigenvalue weighted by Gasteiger charge is -2.14. The van der Waals surface area contributed by atoms with E-state index in [1.54, 1.807) is 30.3 Å². The summed E-state index contributed by atoms with van der Waals surface area (Å²) >= 11 is 6.05. The number of sulfonamides is 1. The maximum absolute atomic E-state index is 12.9. The van der Waals surface area contributed by atoms with Gasteiger partial charge in [-0.25, -0.2) is 8.42 Å². The maximum atomic E-state index is 12.9. The Labute approximate surface area is 174 Å². The fraction of sp³-hybridized carbons (Fsp3) is 0.0952. The van der Waals surface area contributed by atoms with Crippen LogP contribution in [0.5, 0.6) is 11.5 Å². The van der Waals surface area contributed by atoms with Crippen LogP contribution in [0.15, 0.2) is 71.6 Å². The van der Waals surface area contributed by atoms with Crippen LogP contribution in [0, 0.1) is 0 Å². The second-order valence-corrected chi connectivity index (χ2v) is 8.13. The normalized spacial score (nSPS) is 11.0. The third-order valence-electron chi connectivity index (χ3n) is 4.17. The summed E-state index contributed by atoms with van der Waals surface area (Å²) in [7, 11) is -1.13. The molecule has 0 fully saturated rings. The zero-order valence-corrected chi connectivity index (χ0v) is 17.3. The van der Waals surface area contributed by atoms with Crippen LogP contribution in [0.3, 0.4) is 0 Å². The first-order valence-corrected chi connectivity index (χ1v) is 10.4. The Hall–Kier alpha value is -3.03. The molecule has 0 atom stereocenters. The molecular weight excluding hydrogens is 414 g/mol. The molecule has 0 aliphatic rings. The van der Waals surface area contributed by atoms with Crippen molar-refractivity contribution in [3.63, 3.8) is 0 Å². The second-order valence-electron chi connectivity index (χ2n) is 6.01. The molecule has 0 spiro atoms. The van der Waals surface area contributed by atoms with E-state index in [4.69, 9.17) is 21.1 Å². The quantitative estimate of drug-likeness (QED) is 0.561. The molecule has 0 aliphatic heterocycles. The van der Waals surface area contributed by atoms with Gasteiger partial charge in [0.1, 0.15) is 0 Å². The summed E-state index contributed by atoms with van der Waals surface area (Å²) in [6.45, 7) is 0. The van der Waals surface area contributed by atoms with Gasteiger partial charge in [-0.15, -0.1) is 0 Å². The molecule has 8 heteroatoms. The van der Waals surface area contributed by atoms with Crippen LogP contribution in [0.2, 0.25) is 5.02 Å². The lowest BCUT2D eigenvalue weighted by atomic mass is 10.0. The lowest BCUT2D eigenvalue weighted by molar-refractivity contribution is 0.103. The first-order valence-electron chi connectivity index (χ1n) is 8.50. The first-order chi connectivity index (χ1) is 13.9. The molecule has 29 heavy (non-hydrogen) atoms. The van der Waals surface area contributed by atoms with Crippen LogP contribution in [0.1, 0.15) is 15.9 Å². The second kappa shape index (κ2) is 8.55. The number of carbonyl (C=O) groups is 1. The van der Waals surface area contributed by atoms with Gasteiger partial charge in [-0.2, -0.15) is 0 Å². The van der Waals surface area contributed by atoms with Crippen molar-refractivity contribution >= 4 is 33.1 Å². The molecular formula is C21H18ClNO5S. The van der Waals surface area contributed by atoms with E-state index in [0.717, 1.165) is 0 Å². The summed E-state index contributed by atoms with van der Waals surface area (Å²) in [5.41, 5.74) is 0.687. The van der Waals surface area contributed by atoms with Crippen molar-refractivity contribution in [2.45, 2.75) is 4.90 Å². The smallest absolute Gasteiger partial charge is 0.262 e. The number of carbonyl (C=O) groups excluding carboxylic acids is 1. The third-order valence-corrected chi connectivity index (χ3v) is 5.77. The number of methoxy groups -OCH3 is 2. The van der Waals surface area contributed by atoms with E-state index in [2.05, 4.69) is 4.72 Å². The molecule has 3 aromatic rings. The standard InChI is InChI=1S/C21H18ClNO5S/c1-27-19-11-9-16(13-20(19)28-2)29(25,26)23-18-10-8-15(22)12-17(18)21(24)14-6-4-3-5-7-14/h3-13,23H,1-2H3. The van der Waals surface area contributed by atoms with Crippen molar-refractivity contribution in [1.29, 1.82) is 0 Å². The number of nitrogens with one attached hydrogen (secondary N) is 1. The fourth-order valence-electron chi connectivity index (χ4n) is 2.73. The van der Waals surface area contributed by atoms with Gasteiger partial charge in [0.05, 0.1) is 24.8 Å². The predicted molar refractivity (Wildman–Crippen MR) is 112 cm³/mol. The summed E-state index contributed by atoms with van der Waals surface area (Å²) in [4.78, 5) is 12.9. The number of benzene rings is 3. The van der Waals surface area contributed by atoms with E-state index in [0.29, 0.717) is 16.3 Å². The van der Waals surface area contributed by atoms with Gasteiger partial charge < -0.3 is 9.47 Å². The summed E-state index contributed by atoms with van der Waals surface area (Å²) in [6, 6.07) is 17.2. The summed E-state index contributed by atoms with van der Waals surface area (Å²) in [6.07, 6.45) is 0. The van der Waals surface area contributed by atoms with E-state index >= 15 is 0 Å². The number of hydrogen-bond donors (Lipinski definition) is 1. The summed E-state index contributed by atoms with van der Waals surface area (Å²) in [5.74, 6) is 0.322. The van der Waals surface area contributed by atoms with E-state index in [1.807, 2.05) is 0 Å². The molecule has 0 heterocycles. The van der Waals surface area contributed by atoms with Gasteiger partial charge in [-0.3, -0.25) is 9.52 Å². The highest BCUT2D eigenvalue weighted by Crippen LogP contribution is 2.31. The molecule has 0 aromatic heterocycles. The summed E-state index contributed by atoms with van der Waals surface area (Å²) in [5, 5.41) is 0.318. The van der Waals surface area contributed by atoms with Crippen LogP contribution >= 0.6 is 11.6 Å². The Bertz CT molecular complexity index is 1150. The zero-order valence-electron chi connectivity index (χ0n) is 15.7. The van der Waals surface area contributed by atoms with Crippen molar-refractivity contribution in [2.75, 3.05) is 18.9 Å². The van der Waals surface area contributed by atoms with Crippen LogP contribution in [0.25, 0.3) is 0 Å². The van der Waals surface area contributed by atoms with Gasteiger partial charge in [0, 0.05) is 22.2 Å². The van der Waals surface area contributed by atoms with E-state index in [1.165, 1.54) is 50.6 Å². The predicted octanol–water partition coefficient (Wildman–Crippen LogP) is 4.39. The Balaban J connectivity index is 2.01. The first kappa shape index (κ1) is 20.7. The van der Waals surface area contributed by atoms with Gasteiger partial charge in [-0.1, -0.05) is 41.9 Å². The Kier molecular flexibility index (Phi) is 6.10. The van der Waals surface area contributed by atoms with Crippen molar-refractivity contribution in [1.82, 2.24) is 0 Å². The molecule has 0 aliphatic carbocycles. The largest absolute Gasteiger partial charge is 0.493 e. The highest BCUT2D eigenvalue weighted by molar-refractivity contribution is 7.92. The van der Waals surface area contributed by atoms with Crippen molar-refractivity contribution in [2.24, 2.45) is 0 Å². The van der Waals surface area contributed by atoms with Crippen LogP contribution < -0.4 is 14.2 Å². The lowest BCUT2D eigenvalue weighted by Crippen LogP contribution is -2.16. The van der Waals surface area contributed by atoms with Crippen molar-refractivity contribution < 1.29 is 22.7 Å². The van der Waals surface area contributed by atoms with Gasteiger partial charge in [-0.05, 0) is 30.3 Å². The van der Waals surface area contributed by atoms with Crippen LogP contribution in [-0.4, -0.2) is 28.4 Å². The summed E-state index contributed by atoms with van der Waals surface area (Å²) < 4.78 is 38.6. The Morgan fingerprint density at radius 2 is 1.59 bits per heavy atom. The number of anilines is 1. The molecule has 0 bridgehead atoms. The van der Waals surface area contributed by atoms with E-state index < -0.39 is 10.0 Å². The Morgan fingerprint density at radius 3 is 2.24 bits per heavy atom. The maximum Gasteiger partial charge on any atom is 0.262 e. The number of ether oxygens (including phenoxy) is 2. The molecule has 0 amide bonds. The molecule has 3 aromatic carbocycles. The van der Waals surface area contributed by atoms with Gasteiger partial charge in [0.25, 0.3) is 10.0 Å². The number of ketones is 1. The molecule has 0 saturated heterocycles. The minimum Gasteiger partial charge on any atom is -0.493 e. The van der Waals surface area contributed by atoms with Crippen LogP contribution in [-0.2, 0) is 10.0 Å². The molecule has 6 nitrogen and oxygen atoms in total. The van der Waals surface area contributed by atoms with Gasteiger partial charge >= 0.3 is 0 Å². The molecule has 3 rings (SSSR count). The Morgan fingerprint density at radius 1 is 0.897 bits per heavy atom. The molecule has 150 valence electrons. The fourth-order valence-corrected chi connectivity index (χ4v) is 3.99. The minimum absolute atomic E-state index is 0.0387. The van der Waals surface area contributed by atoms with E-state index in [9.17, 15) is 13.2 Å². The zero-order chi connectivity index (χ0) is 21.0. The SMILES string of the molecule is COc1ccc(S(=O)(=O)Nc2ccc(Cl)cc2C(=O)c2ccccc2)cc1OC. The van der Waals surface area contributed by atoms with E-state index in [-0.39, 0.29) is 27.7 Å². The number of hydrogen-bond acceptors (Lipinski definition) is 5. The molecule has 0 saturated carbocycles. The van der Waals surface area contributed by atoms with Gasteiger partial charge in [0.15, 0.2) is 17.3 Å². The molecule has 0 unspecified atom stereocenters. The highest BCUT2D eigenvalue weighted by atomic mass is 35.5. The molecule has 0 radical (unpaired) electrons. The molecule has 1 N–H and O–H groups in total. The number of halogens is 1.